The van der Waals surface area contributed by atoms with Gasteiger partial charge in [0.15, 0.2) is 5.84 Å². The molecule has 1 heterocycles. The van der Waals surface area contributed by atoms with Gasteiger partial charge in [-0.05, 0) is 10.2 Å². The highest BCUT2D eigenvalue weighted by Gasteiger charge is 2.16. The smallest absolute Gasteiger partial charge is 0.175 e. The fraction of sp³-hybridized carbons (Fsp3) is 0.750. The van der Waals surface area contributed by atoms with E-state index in [9.17, 15) is 0 Å². The van der Waals surface area contributed by atoms with Gasteiger partial charge >= 0.3 is 0 Å². The number of amidine groups is 1. The SMILES string of the molecule is CC1=N[NH+](C)N(C)N1. The summed E-state index contributed by atoms with van der Waals surface area (Å²) in [5.74, 6) is 0.963. The van der Waals surface area contributed by atoms with Crippen molar-refractivity contribution in [2.45, 2.75) is 6.92 Å². The summed E-state index contributed by atoms with van der Waals surface area (Å²) >= 11 is 0. The Balaban J connectivity index is 2.56. The molecular formula is C4H11N4+. The quantitative estimate of drug-likeness (QED) is 0.390. The standard InChI is InChI=1S/C4H10N4/c1-4-5-7(2)8(3)6-4/h1-3H3,(H,5,6)/p+1. The molecule has 0 amide bonds. The van der Waals surface area contributed by atoms with Crippen LogP contribution in [-0.4, -0.2) is 25.0 Å². The Morgan fingerprint density at radius 3 is 2.50 bits per heavy atom. The molecule has 0 bridgehead atoms. The van der Waals surface area contributed by atoms with Crippen molar-refractivity contribution in [3.05, 3.63) is 0 Å². The first kappa shape index (κ1) is 5.53. The monoisotopic (exact) mass is 115 g/mol. The lowest BCUT2D eigenvalue weighted by molar-refractivity contribution is -1.00. The van der Waals surface area contributed by atoms with E-state index in [4.69, 9.17) is 0 Å². The average molecular weight is 115 g/mol. The van der Waals surface area contributed by atoms with Crippen LogP contribution in [0.2, 0.25) is 0 Å². The predicted octanol–water partition coefficient (Wildman–Crippen LogP) is -1.80. The van der Waals surface area contributed by atoms with Gasteiger partial charge in [-0.2, -0.15) is 0 Å². The lowest BCUT2D eigenvalue weighted by Crippen LogP contribution is -3.10. The topological polar surface area (TPSA) is 32.1 Å². The van der Waals surface area contributed by atoms with Crippen molar-refractivity contribution < 1.29 is 5.12 Å². The maximum atomic E-state index is 4.12. The first-order valence-corrected chi connectivity index (χ1v) is 2.59. The van der Waals surface area contributed by atoms with Crippen molar-refractivity contribution in [2.75, 3.05) is 14.1 Å². The number of hydrazine groups is 1. The van der Waals surface area contributed by atoms with E-state index in [-0.39, 0.29) is 0 Å². The van der Waals surface area contributed by atoms with E-state index >= 15 is 0 Å². The molecular weight excluding hydrogens is 104 g/mol. The number of nitrogens with one attached hydrogen (secondary N) is 2. The average Bonchev–Trinajstić information content (AvgIpc) is 1.85. The lowest BCUT2D eigenvalue weighted by Gasteiger charge is -2.08. The van der Waals surface area contributed by atoms with Crippen LogP contribution in [0.3, 0.4) is 0 Å². The summed E-state index contributed by atoms with van der Waals surface area (Å²) in [5.41, 5.74) is 3.01. The molecule has 0 aromatic heterocycles. The molecule has 0 saturated carbocycles. The van der Waals surface area contributed by atoms with Crippen LogP contribution in [0, 0.1) is 0 Å². The number of rotatable bonds is 0. The van der Waals surface area contributed by atoms with Crippen LogP contribution >= 0.6 is 0 Å². The van der Waals surface area contributed by atoms with Gasteiger partial charge in [-0.1, -0.05) is 0 Å². The molecule has 0 radical (unpaired) electrons. The molecule has 2 N–H and O–H groups in total. The van der Waals surface area contributed by atoms with Crippen molar-refractivity contribution in [2.24, 2.45) is 5.10 Å². The Hall–Kier alpha value is -0.610. The van der Waals surface area contributed by atoms with Crippen molar-refractivity contribution in [3.63, 3.8) is 0 Å². The molecule has 1 atom stereocenters. The van der Waals surface area contributed by atoms with Crippen LogP contribution in [0.4, 0.5) is 0 Å². The van der Waals surface area contributed by atoms with E-state index in [0.717, 1.165) is 11.0 Å². The van der Waals surface area contributed by atoms with Crippen LogP contribution in [0.5, 0.6) is 0 Å². The van der Waals surface area contributed by atoms with Crippen molar-refractivity contribution >= 4 is 5.84 Å². The van der Waals surface area contributed by atoms with Crippen LogP contribution in [0.25, 0.3) is 0 Å². The largest absolute Gasteiger partial charge is 0.256 e. The summed E-state index contributed by atoms with van der Waals surface area (Å²) < 4.78 is 0. The molecule has 4 nitrogen and oxygen atoms in total. The summed E-state index contributed by atoms with van der Waals surface area (Å²) in [5, 5.41) is 7.02. The van der Waals surface area contributed by atoms with Crippen molar-refractivity contribution in [3.8, 4) is 0 Å². The van der Waals surface area contributed by atoms with Crippen molar-refractivity contribution in [1.29, 1.82) is 0 Å². The maximum Gasteiger partial charge on any atom is 0.175 e. The molecule has 1 aliphatic rings. The summed E-state index contributed by atoms with van der Waals surface area (Å²) in [6, 6.07) is 0. The second kappa shape index (κ2) is 1.72. The molecule has 0 aromatic rings. The Labute approximate surface area is 48.7 Å². The highest BCUT2D eigenvalue weighted by Crippen LogP contribution is 1.71. The molecule has 4 heteroatoms. The molecule has 0 saturated heterocycles. The number of nitrogens with zero attached hydrogens (tertiary/aromatic N) is 2. The lowest BCUT2D eigenvalue weighted by atomic mass is 10.7. The zero-order valence-electron chi connectivity index (χ0n) is 5.39. The number of hydrogen-bond donors (Lipinski definition) is 2. The zero-order chi connectivity index (χ0) is 6.15. The summed E-state index contributed by atoms with van der Waals surface area (Å²) in [4.78, 5) is 0. The van der Waals surface area contributed by atoms with Gasteiger partial charge in [-0.15, -0.1) is 5.12 Å². The van der Waals surface area contributed by atoms with Gasteiger partial charge in [0.1, 0.15) is 7.05 Å². The summed E-state index contributed by atoms with van der Waals surface area (Å²) in [6.45, 7) is 1.94. The van der Waals surface area contributed by atoms with Gasteiger partial charge in [0.2, 0.25) is 0 Å². The van der Waals surface area contributed by atoms with Crippen LogP contribution in [0.1, 0.15) is 6.92 Å². The minimum atomic E-state index is 0.963. The Morgan fingerprint density at radius 2 is 2.38 bits per heavy atom. The number of quaternary nitrogens is 1. The van der Waals surface area contributed by atoms with Gasteiger partial charge in [-0.3, -0.25) is 5.43 Å². The van der Waals surface area contributed by atoms with Crippen molar-refractivity contribution in [1.82, 2.24) is 10.5 Å². The minimum absolute atomic E-state index is 0.963. The summed E-state index contributed by atoms with van der Waals surface area (Å²) in [7, 11) is 3.90. The van der Waals surface area contributed by atoms with E-state index in [2.05, 4.69) is 10.5 Å². The van der Waals surface area contributed by atoms with Gasteiger partial charge in [-0.25, -0.2) is 0 Å². The summed E-state index contributed by atoms with van der Waals surface area (Å²) in [6.07, 6.45) is 0. The first-order valence-electron chi connectivity index (χ1n) is 2.59. The molecule has 0 aliphatic carbocycles. The normalized spacial score (nSPS) is 29.9. The molecule has 46 valence electrons. The molecule has 0 spiro atoms. The van der Waals surface area contributed by atoms with E-state index in [1.807, 2.05) is 26.1 Å². The van der Waals surface area contributed by atoms with Gasteiger partial charge < -0.3 is 0 Å². The molecule has 1 aliphatic heterocycles. The minimum Gasteiger partial charge on any atom is -0.256 e. The molecule has 1 rings (SSSR count). The van der Waals surface area contributed by atoms with E-state index < -0.39 is 0 Å². The number of hydrogen-bond acceptors (Lipinski definition) is 3. The van der Waals surface area contributed by atoms with E-state index in [1.165, 1.54) is 0 Å². The molecule has 0 fully saturated rings. The van der Waals surface area contributed by atoms with Gasteiger partial charge in [0.05, 0.1) is 7.05 Å². The third-order valence-electron chi connectivity index (χ3n) is 1.14. The molecule has 0 aromatic carbocycles. The van der Waals surface area contributed by atoms with E-state index in [0.29, 0.717) is 0 Å². The second-order valence-corrected chi connectivity index (χ2v) is 1.92. The predicted molar refractivity (Wildman–Crippen MR) is 30.9 cm³/mol. The van der Waals surface area contributed by atoms with E-state index in [1.54, 1.807) is 0 Å². The maximum absolute atomic E-state index is 4.12. The molecule has 1 unspecified atom stereocenters. The third kappa shape index (κ3) is 0.801. The Kier molecular flexibility index (Phi) is 1.19. The van der Waals surface area contributed by atoms with Gasteiger partial charge in [0, 0.05) is 6.92 Å². The fourth-order valence-corrected chi connectivity index (χ4v) is 0.666. The zero-order valence-corrected chi connectivity index (χ0v) is 5.39. The molecule has 8 heavy (non-hydrogen) atoms. The Bertz CT molecular complexity index is 119. The van der Waals surface area contributed by atoms with Crippen LogP contribution in [-0.2, 0) is 0 Å². The van der Waals surface area contributed by atoms with Crippen LogP contribution in [0.15, 0.2) is 5.10 Å². The third-order valence-corrected chi connectivity index (χ3v) is 1.14. The second-order valence-electron chi connectivity index (χ2n) is 1.92. The highest BCUT2D eigenvalue weighted by molar-refractivity contribution is 5.78. The highest BCUT2D eigenvalue weighted by atomic mass is 15.9. The first-order chi connectivity index (χ1) is 3.70. The Morgan fingerprint density at radius 1 is 1.75 bits per heavy atom. The fourth-order valence-electron chi connectivity index (χ4n) is 0.666. The van der Waals surface area contributed by atoms with Crippen LogP contribution < -0.4 is 10.5 Å². The van der Waals surface area contributed by atoms with Gasteiger partial charge in [0.25, 0.3) is 0 Å².